The third kappa shape index (κ3) is 3.00. The van der Waals surface area contributed by atoms with Gasteiger partial charge in [0.25, 0.3) is 0 Å². The van der Waals surface area contributed by atoms with Gasteiger partial charge < -0.3 is 50.7 Å². The molecule has 0 spiro atoms. The minimum Gasteiger partial charge on any atom is -0.394 e. The first-order valence-corrected chi connectivity index (χ1v) is 6.76. The molecule has 136 valence electrons. The molecule has 0 amide bonds. The molecule has 0 bridgehead atoms. The van der Waals surface area contributed by atoms with Crippen LogP contribution < -0.4 is 0 Å². The van der Waals surface area contributed by atoms with Crippen molar-refractivity contribution < 1.29 is 55.5 Å². The Kier molecular flexibility index (Phi) is 6.57. The quantitative estimate of drug-likeness (QED) is 0.189. The topological polar surface area (TPSA) is 208 Å². The Morgan fingerprint density at radius 2 is 1.74 bits per heavy atom. The number of aldehydes is 1. The number of carbonyl (C=O) groups is 1. The fourth-order valence-corrected chi connectivity index (χ4v) is 2.62. The first kappa shape index (κ1) is 20.3. The standard InChI is InChI=1S/C12H22O11/c13-1-5(17)7(18)9(20)11(22,3-15)12(4-16)10(21)8(19)6(2-14)23-12/h3,5-10,13-14,16-22H,1-2,4H2/t5-,6-,7-,8-,9+,10+,11+,12?/m1/s1. The lowest BCUT2D eigenvalue weighted by atomic mass is 9.73. The maximum absolute atomic E-state index is 11.4. The van der Waals surface area contributed by atoms with Gasteiger partial charge >= 0.3 is 0 Å². The fraction of sp³-hybridized carbons (Fsp3) is 0.917. The van der Waals surface area contributed by atoms with E-state index in [1.807, 2.05) is 0 Å². The van der Waals surface area contributed by atoms with Crippen LogP contribution in [0.15, 0.2) is 0 Å². The van der Waals surface area contributed by atoms with Crippen LogP contribution in [0.2, 0.25) is 0 Å². The van der Waals surface area contributed by atoms with Crippen molar-refractivity contribution in [3.8, 4) is 0 Å². The van der Waals surface area contributed by atoms with E-state index in [-0.39, 0.29) is 6.29 Å². The second-order valence-electron chi connectivity index (χ2n) is 5.45. The van der Waals surface area contributed by atoms with Crippen molar-refractivity contribution >= 4 is 6.29 Å². The Morgan fingerprint density at radius 3 is 2.09 bits per heavy atom. The molecule has 8 atom stereocenters. The molecule has 1 fully saturated rings. The number of rotatable bonds is 8. The largest absolute Gasteiger partial charge is 0.394 e. The lowest BCUT2D eigenvalue weighted by Gasteiger charge is -2.45. The van der Waals surface area contributed by atoms with Crippen LogP contribution in [0.4, 0.5) is 0 Å². The van der Waals surface area contributed by atoms with E-state index in [4.69, 9.17) is 14.9 Å². The van der Waals surface area contributed by atoms with Gasteiger partial charge in [0.1, 0.15) is 36.6 Å². The summed E-state index contributed by atoms with van der Waals surface area (Å²) in [5.41, 5.74) is -5.86. The van der Waals surface area contributed by atoms with Gasteiger partial charge in [-0.15, -0.1) is 0 Å². The second kappa shape index (κ2) is 7.44. The summed E-state index contributed by atoms with van der Waals surface area (Å²) in [5.74, 6) is 0. The predicted molar refractivity (Wildman–Crippen MR) is 69.9 cm³/mol. The summed E-state index contributed by atoms with van der Waals surface area (Å²) in [4.78, 5) is 11.4. The first-order valence-electron chi connectivity index (χ1n) is 6.76. The lowest BCUT2D eigenvalue weighted by Crippen LogP contribution is -2.72. The maximum Gasteiger partial charge on any atom is 0.182 e. The summed E-state index contributed by atoms with van der Waals surface area (Å²) < 4.78 is 5.02. The van der Waals surface area contributed by atoms with Gasteiger partial charge in [-0.3, -0.25) is 4.79 Å². The van der Waals surface area contributed by atoms with Crippen LogP contribution >= 0.6 is 0 Å². The van der Waals surface area contributed by atoms with Gasteiger partial charge in [0.2, 0.25) is 0 Å². The molecule has 1 heterocycles. The maximum atomic E-state index is 11.4. The first-order chi connectivity index (χ1) is 10.7. The fourth-order valence-electron chi connectivity index (χ4n) is 2.62. The average molecular weight is 342 g/mol. The summed E-state index contributed by atoms with van der Waals surface area (Å²) in [6, 6.07) is 0. The Balaban J connectivity index is 3.30. The van der Waals surface area contributed by atoms with E-state index < -0.39 is 67.6 Å². The number of hydrogen-bond acceptors (Lipinski definition) is 11. The van der Waals surface area contributed by atoms with Crippen LogP contribution in [0.5, 0.6) is 0 Å². The van der Waals surface area contributed by atoms with Gasteiger partial charge in [-0.05, 0) is 0 Å². The molecule has 0 aliphatic carbocycles. The van der Waals surface area contributed by atoms with Crippen molar-refractivity contribution in [2.24, 2.45) is 0 Å². The molecule has 0 aromatic heterocycles. The van der Waals surface area contributed by atoms with E-state index in [0.717, 1.165) is 0 Å². The van der Waals surface area contributed by atoms with Gasteiger partial charge in [0.05, 0.1) is 19.8 Å². The molecule has 11 heteroatoms. The van der Waals surface area contributed by atoms with Gasteiger partial charge in [-0.25, -0.2) is 0 Å². The molecule has 1 saturated heterocycles. The van der Waals surface area contributed by atoms with Gasteiger partial charge in [0, 0.05) is 0 Å². The molecule has 11 nitrogen and oxygen atoms in total. The van der Waals surface area contributed by atoms with E-state index in [2.05, 4.69) is 0 Å². The van der Waals surface area contributed by atoms with Crippen molar-refractivity contribution in [1.29, 1.82) is 0 Å². The SMILES string of the molecule is O=C[C@](O)([C@@H](O)[C@H](O)[C@H](O)CO)C1(CO)O[C@H](CO)[C@@H](O)[C@@H]1O. The number of ether oxygens (including phenoxy) is 1. The Morgan fingerprint density at radius 1 is 1.17 bits per heavy atom. The minimum atomic E-state index is -3.18. The van der Waals surface area contributed by atoms with E-state index in [9.17, 15) is 40.5 Å². The van der Waals surface area contributed by atoms with Crippen molar-refractivity contribution in [2.75, 3.05) is 19.8 Å². The van der Waals surface area contributed by atoms with Crippen LogP contribution in [-0.4, -0.2) is 120 Å². The summed E-state index contributed by atoms with van der Waals surface area (Å²) in [6.07, 6.45) is -12.5. The normalized spacial score (nSPS) is 37.9. The van der Waals surface area contributed by atoms with Gasteiger partial charge in [0.15, 0.2) is 17.5 Å². The summed E-state index contributed by atoms with van der Waals surface area (Å²) in [7, 11) is 0. The number of aliphatic hydroxyl groups excluding tert-OH is 8. The number of hydrogen-bond donors (Lipinski definition) is 9. The summed E-state index contributed by atoms with van der Waals surface area (Å²) in [6.45, 7) is -3.15. The highest BCUT2D eigenvalue weighted by molar-refractivity contribution is 5.67. The van der Waals surface area contributed by atoms with Crippen LogP contribution in [0.1, 0.15) is 0 Å². The molecule has 1 unspecified atom stereocenters. The smallest absolute Gasteiger partial charge is 0.182 e. The van der Waals surface area contributed by atoms with E-state index in [0.29, 0.717) is 0 Å². The van der Waals surface area contributed by atoms with Crippen molar-refractivity contribution in [1.82, 2.24) is 0 Å². The molecule has 0 radical (unpaired) electrons. The Hall–Kier alpha value is -0.730. The van der Waals surface area contributed by atoms with E-state index in [1.54, 1.807) is 0 Å². The summed E-state index contributed by atoms with van der Waals surface area (Å²) >= 11 is 0. The third-order valence-corrected chi connectivity index (χ3v) is 4.17. The van der Waals surface area contributed by atoms with Gasteiger partial charge in [-0.2, -0.15) is 0 Å². The van der Waals surface area contributed by atoms with Gasteiger partial charge in [-0.1, -0.05) is 0 Å². The summed E-state index contributed by atoms with van der Waals surface area (Å²) in [5, 5.41) is 86.6. The van der Waals surface area contributed by atoms with Crippen molar-refractivity contribution in [3.05, 3.63) is 0 Å². The second-order valence-corrected chi connectivity index (χ2v) is 5.45. The van der Waals surface area contributed by atoms with Crippen LogP contribution in [0, 0.1) is 0 Å². The number of aliphatic hydroxyl groups is 9. The predicted octanol–water partition coefficient (Wildman–Crippen LogP) is -6.16. The zero-order valence-electron chi connectivity index (χ0n) is 12.0. The van der Waals surface area contributed by atoms with Crippen LogP contribution in [0.25, 0.3) is 0 Å². The minimum absolute atomic E-state index is 0.336. The zero-order chi connectivity index (χ0) is 18.0. The molecular weight excluding hydrogens is 320 g/mol. The average Bonchev–Trinajstić information content (AvgIpc) is 2.84. The molecule has 1 aliphatic heterocycles. The Bertz CT molecular complexity index is 406. The zero-order valence-corrected chi connectivity index (χ0v) is 12.0. The van der Waals surface area contributed by atoms with Crippen LogP contribution in [0.3, 0.4) is 0 Å². The molecule has 1 aliphatic rings. The highest BCUT2D eigenvalue weighted by Crippen LogP contribution is 2.41. The van der Waals surface area contributed by atoms with E-state index >= 15 is 0 Å². The highest BCUT2D eigenvalue weighted by atomic mass is 16.6. The van der Waals surface area contributed by atoms with Crippen LogP contribution in [-0.2, 0) is 9.53 Å². The van der Waals surface area contributed by atoms with Crippen molar-refractivity contribution in [2.45, 2.75) is 47.8 Å². The molecular formula is C12H22O11. The number of carbonyl (C=O) groups excluding carboxylic acids is 1. The molecule has 0 aromatic carbocycles. The highest BCUT2D eigenvalue weighted by Gasteiger charge is 2.68. The van der Waals surface area contributed by atoms with E-state index in [1.165, 1.54) is 0 Å². The molecule has 9 N–H and O–H groups in total. The molecule has 1 rings (SSSR count). The third-order valence-electron chi connectivity index (χ3n) is 4.17. The molecule has 23 heavy (non-hydrogen) atoms. The van der Waals surface area contributed by atoms with Crippen molar-refractivity contribution in [3.63, 3.8) is 0 Å². The molecule has 0 aromatic rings. The molecule has 0 saturated carbocycles. The monoisotopic (exact) mass is 342 g/mol. The Labute approximate surface area is 130 Å². The lowest BCUT2D eigenvalue weighted by molar-refractivity contribution is -0.258.